The number of hydrogen-bond donors (Lipinski definition) is 1. The zero-order valence-corrected chi connectivity index (χ0v) is 12.0. The average Bonchev–Trinajstić information content (AvgIpc) is 2.79. The lowest BCUT2D eigenvalue weighted by Gasteiger charge is -2.01. The molecule has 5 heteroatoms. The number of aryl methyl sites for hydroxylation is 1. The summed E-state index contributed by atoms with van der Waals surface area (Å²) in [5.41, 5.74) is 1.65. The van der Waals surface area contributed by atoms with E-state index in [-0.39, 0.29) is 5.76 Å². The molecule has 0 saturated heterocycles. The van der Waals surface area contributed by atoms with Crippen LogP contribution in [0.15, 0.2) is 60.9 Å². The van der Waals surface area contributed by atoms with Crippen molar-refractivity contribution in [3.63, 3.8) is 0 Å². The maximum atomic E-state index is 9.84. The van der Waals surface area contributed by atoms with Gasteiger partial charge in [0.25, 0.3) is 0 Å². The second-order valence-corrected chi connectivity index (χ2v) is 4.20. The predicted octanol–water partition coefficient (Wildman–Crippen LogP) is 4.01. The van der Waals surface area contributed by atoms with E-state index in [1.165, 1.54) is 16.9 Å². The maximum Gasteiger partial charge on any atom is 0.142 e. The summed E-state index contributed by atoms with van der Waals surface area (Å²) in [7, 11) is 0. The minimum absolute atomic E-state index is 0.0385. The van der Waals surface area contributed by atoms with Gasteiger partial charge in [0.05, 0.1) is 5.69 Å². The minimum atomic E-state index is -0.0385. The summed E-state index contributed by atoms with van der Waals surface area (Å²) in [6.07, 6.45) is 9.35. The zero-order chi connectivity index (χ0) is 15.1. The standard InChI is InChI=1S/C15H16ClN3O/c1-5-8-9-14(15(20)7-3)19-17-11(4)13(18-19)10-12(16)6-2/h5-10,20H,1-3H2,4H3/b9-8-,12-10+,15-14-. The molecule has 0 fully saturated rings. The van der Waals surface area contributed by atoms with Crippen LogP contribution >= 0.6 is 11.6 Å². The quantitative estimate of drug-likeness (QED) is 0.636. The van der Waals surface area contributed by atoms with Gasteiger partial charge in [0.15, 0.2) is 0 Å². The smallest absolute Gasteiger partial charge is 0.142 e. The lowest BCUT2D eigenvalue weighted by molar-refractivity contribution is 0.430. The monoisotopic (exact) mass is 289 g/mol. The van der Waals surface area contributed by atoms with E-state index in [1.54, 1.807) is 31.2 Å². The van der Waals surface area contributed by atoms with Gasteiger partial charge in [-0.05, 0) is 25.2 Å². The molecule has 0 atom stereocenters. The molecule has 1 aromatic rings. The van der Waals surface area contributed by atoms with Crippen molar-refractivity contribution in [3.05, 3.63) is 72.3 Å². The molecule has 0 aliphatic rings. The van der Waals surface area contributed by atoms with E-state index in [4.69, 9.17) is 11.6 Å². The summed E-state index contributed by atoms with van der Waals surface area (Å²) >= 11 is 5.90. The van der Waals surface area contributed by atoms with Crippen molar-refractivity contribution < 1.29 is 5.11 Å². The van der Waals surface area contributed by atoms with Crippen LogP contribution in [0.4, 0.5) is 0 Å². The molecule has 0 saturated carbocycles. The molecule has 1 aromatic heterocycles. The Morgan fingerprint density at radius 1 is 1.25 bits per heavy atom. The summed E-state index contributed by atoms with van der Waals surface area (Å²) in [6, 6.07) is 0. The van der Waals surface area contributed by atoms with Crippen molar-refractivity contribution >= 4 is 23.4 Å². The van der Waals surface area contributed by atoms with Gasteiger partial charge in [-0.15, -0.1) is 9.90 Å². The molecule has 1 heterocycles. The van der Waals surface area contributed by atoms with Crippen LogP contribution in [-0.4, -0.2) is 20.1 Å². The summed E-state index contributed by atoms with van der Waals surface area (Å²) < 4.78 is 0. The fourth-order valence-electron chi connectivity index (χ4n) is 1.34. The summed E-state index contributed by atoms with van der Waals surface area (Å²) in [5, 5.41) is 18.8. The van der Waals surface area contributed by atoms with Crippen LogP contribution in [0.25, 0.3) is 11.8 Å². The molecule has 0 bridgehead atoms. The number of nitrogens with zero attached hydrogens (tertiary/aromatic N) is 3. The Morgan fingerprint density at radius 2 is 1.95 bits per heavy atom. The van der Waals surface area contributed by atoms with Crippen LogP contribution in [0.2, 0.25) is 0 Å². The van der Waals surface area contributed by atoms with Gasteiger partial charge in [0, 0.05) is 5.03 Å². The van der Waals surface area contributed by atoms with Crippen molar-refractivity contribution in [1.29, 1.82) is 0 Å². The Morgan fingerprint density at radius 3 is 2.50 bits per heavy atom. The first-order valence-corrected chi connectivity index (χ1v) is 6.20. The van der Waals surface area contributed by atoms with E-state index in [0.29, 0.717) is 22.1 Å². The van der Waals surface area contributed by atoms with E-state index in [2.05, 4.69) is 29.9 Å². The molecule has 0 aliphatic carbocycles. The fraction of sp³-hybridized carbons (Fsp3) is 0.0667. The van der Waals surface area contributed by atoms with E-state index in [9.17, 15) is 5.11 Å². The summed E-state index contributed by atoms with van der Waals surface area (Å²) in [6.45, 7) is 12.5. The highest BCUT2D eigenvalue weighted by atomic mass is 35.5. The van der Waals surface area contributed by atoms with Crippen molar-refractivity contribution in [1.82, 2.24) is 15.0 Å². The third-order valence-electron chi connectivity index (χ3n) is 2.35. The molecule has 4 nitrogen and oxygen atoms in total. The highest BCUT2D eigenvalue weighted by molar-refractivity contribution is 6.33. The average molecular weight is 290 g/mol. The van der Waals surface area contributed by atoms with Gasteiger partial charge in [-0.3, -0.25) is 0 Å². The van der Waals surface area contributed by atoms with Gasteiger partial charge in [-0.1, -0.05) is 49.6 Å². The number of hydrogen-bond acceptors (Lipinski definition) is 3. The van der Waals surface area contributed by atoms with Crippen LogP contribution in [0.3, 0.4) is 0 Å². The molecule has 0 aliphatic heterocycles. The number of aliphatic hydroxyl groups excluding tert-OH is 1. The molecule has 0 spiro atoms. The van der Waals surface area contributed by atoms with Crippen molar-refractivity contribution in [3.8, 4) is 0 Å². The lowest BCUT2D eigenvalue weighted by Crippen LogP contribution is -2.02. The Kier molecular flexibility index (Phi) is 5.74. The van der Waals surface area contributed by atoms with Crippen LogP contribution in [0, 0.1) is 6.92 Å². The van der Waals surface area contributed by atoms with Crippen molar-refractivity contribution in [2.24, 2.45) is 0 Å². The summed E-state index contributed by atoms with van der Waals surface area (Å²) in [4.78, 5) is 1.31. The Bertz CT molecular complexity index is 621. The van der Waals surface area contributed by atoms with Crippen molar-refractivity contribution in [2.75, 3.05) is 0 Å². The van der Waals surface area contributed by atoms with Crippen LogP contribution in [-0.2, 0) is 0 Å². The Labute approximate surface area is 123 Å². The van der Waals surface area contributed by atoms with E-state index in [0.717, 1.165) is 0 Å². The van der Waals surface area contributed by atoms with Crippen LogP contribution in [0.5, 0.6) is 0 Å². The molecule has 0 amide bonds. The highest BCUT2D eigenvalue weighted by Gasteiger charge is 2.10. The van der Waals surface area contributed by atoms with E-state index >= 15 is 0 Å². The van der Waals surface area contributed by atoms with Gasteiger partial charge in [0.1, 0.15) is 17.2 Å². The third kappa shape index (κ3) is 3.83. The third-order valence-corrected chi connectivity index (χ3v) is 2.61. The van der Waals surface area contributed by atoms with Gasteiger partial charge < -0.3 is 5.11 Å². The number of halogens is 1. The van der Waals surface area contributed by atoms with Gasteiger partial charge >= 0.3 is 0 Å². The maximum absolute atomic E-state index is 9.84. The van der Waals surface area contributed by atoms with Gasteiger partial charge in [-0.2, -0.15) is 5.10 Å². The molecular formula is C15H16ClN3O. The fourth-order valence-corrected chi connectivity index (χ4v) is 1.44. The normalized spacial score (nSPS) is 13.2. The highest BCUT2D eigenvalue weighted by Crippen LogP contribution is 2.15. The largest absolute Gasteiger partial charge is 0.506 e. The molecule has 104 valence electrons. The second kappa shape index (κ2) is 7.31. The Balaban J connectivity index is 3.34. The van der Waals surface area contributed by atoms with E-state index < -0.39 is 0 Å². The summed E-state index contributed by atoms with van der Waals surface area (Å²) in [5.74, 6) is -0.0385. The number of aromatic nitrogens is 3. The SMILES string of the molecule is C=C/C=C\C(=C(\O)C=C)n1nc(C)c(/C=C(/Cl)C=C)n1. The number of rotatable bonds is 6. The van der Waals surface area contributed by atoms with Crippen LogP contribution in [0.1, 0.15) is 11.4 Å². The number of aliphatic hydroxyl groups is 1. The molecular weight excluding hydrogens is 274 g/mol. The molecule has 20 heavy (non-hydrogen) atoms. The second-order valence-electron chi connectivity index (χ2n) is 3.76. The van der Waals surface area contributed by atoms with E-state index in [1.807, 2.05) is 0 Å². The van der Waals surface area contributed by atoms with Gasteiger partial charge in [-0.25, -0.2) is 0 Å². The lowest BCUT2D eigenvalue weighted by atomic mass is 10.3. The number of allylic oxidation sites excluding steroid dienone is 7. The van der Waals surface area contributed by atoms with Gasteiger partial charge in [0.2, 0.25) is 0 Å². The van der Waals surface area contributed by atoms with Crippen molar-refractivity contribution in [2.45, 2.75) is 6.92 Å². The first kappa shape index (κ1) is 15.7. The first-order valence-electron chi connectivity index (χ1n) is 5.82. The predicted molar refractivity (Wildman–Crippen MR) is 84.2 cm³/mol. The molecule has 0 unspecified atom stereocenters. The molecule has 1 N–H and O–H groups in total. The first-order chi connectivity index (χ1) is 9.53. The van der Waals surface area contributed by atoms with Crippen LogP contribution < -0.4 is 0 Å². The Hall–Kier alpha value is -2.33. The topological polar surface area (TPSA) is 50.9 Å². The zero-order valence-electron chi connectivity index (χ0n) is 11.3. The molecule has 0 radical (unpaired) electrons. The molecule has 0 aromatic carbocycles. The minimum Gasteiger partial charge on any atom is -0.506 e. The molecule has 1 rings (SSSR count).